The van der Waals surface area contributed by atoms with Crippen LogP contribution < -0.4 is 10.6 Å². The van der Waals surface area contributed by atoms with Gasteiger partial charge in [-0.15, -0.1) is 0 Å². The number of nitrogens with zero attached hydrogens (tertiary/aromatic N) is 1. The van der Waals surface area contributed by atoms with Gasteiger partial charge >= 0.3 is 0 Å². The van der Waals surface area contributed by atoms with Crippen LogP contribution in [0.4, 0.5) is 0 Å². The molecule has 2 heterocycles. The lowest BCUT2D eigenvalue weighted by Gasteiger charge is -2.32. The van der Waals surface area contributed by atoms with Gasteiger partial charge in [-0.2, -0.15) is 0 Å². The van der Waals surface area contributed by atoms with Crippen LogP contribution >= 0.6 is 0 Å². The predicted octanol–water partition coefficient (Wildman–Crippen LogP) is 0.458. The summed E-state index contributed by atoms with van der Waals surface area (Å²) in [6.45, 7) is 4.47. The highest BCUT2D eigenvalue weighted by atomic mass is 16.2. The van der Waals surface area contributed by atoms with Gasteiger partial charge in [0.15, 0.2) is 0 Å². The molecule has 0 saturated carbocycles. The summed E-state index contributed by atoms with van der Waals surface area (Å²) < 4.78 is 0. The van der Waals surface area contributed by atoms with Gasteiger partial charge in [-0.1, -0.05) is 0 Å². The maximum Gasteiger partial charge on any atom is 0.227 e. The van der Waals surface area contributed by atoms with Crippen molar-refractivity contribution in [3.05, 3.63) is 18.2 Å². The highest BCUT2D eigenvalue weighted by molar-refractivity contribution is 5.82. The molecule has 0 radical (unpaired) electrons. The van der Waals surface area contributed by atoms with Crippen molar-refractivity contribution in [3.63, 3.8) is 0 Å². The summed E-state index contributed by atoms with van der Waals surface area (Å²) in [5.74, 6) is 1.06. The zero-order valence-electron chi connectivity index (χ0n) is 10.3. The highest BCUT2D eigenvalue weighted by Gasteiger charge is 2.34. The lowest BCUT2D eigenvalue weighted by Crippen LogP contribution is -2.49. The first-order valence-electron chi connectivity index (χ1n) is 6.18. The quantitative estimate of drug-likeness (QED) is 0.711. The highest BCUT2D eigenvalue weighted by Crippen LogP contribution is 2.25. The van der Waals surface area contributed by atoms with Crippen LogP contribution in [0.1, 0.15) is 25.6 Å². The van der Waals surface area contributed by atoms with E-state index in [1.807, 2.05) is 6.92 Å². The van der Waals surface area contributed by atoms with Gasteiger partial charge in [-0.3, -0.25) is 4.79 Å². The normalized spacial score (nSPS) is 24.5. The number of aromatic amines is 1. The van der Waals surface area contributed by atoms with E-state index in [2.05, 4.69) is 20.6 Å². The van der Waals surface area contributed by atoms with E-state index >= 15 is 0 Å². The topological polar surface area (TPSA) is 69.8 Å². The van der Waals surface area contributed by atoms with Crippen LogP contribution in [0, 0.1) is 5.41 Å². The number of aromatic nitrogens is 2. The number of imidazole rings is 1. The van der Waals surface area contributed by atoms with E-state index in [9.17, 15) is 4.79 Å². The molecule has 2 rings (SSSR count). The average Bonchev–Trinajstić information content (AvgIpc) is 2.83. The molecule has 0 spiro atoms. The van der Waals surface area contributed by atoms with E-state index in [-0.39, 0.29) is 11.3 Å². The molecular weight excluding hydrogens is 216 g/mol. The van der Waals surface area contributed by atoms with Crippen molar-refractivity contribution in [2.75, 3.05) is 19.6 Å². The number of rotatable bonds is 4. The first-order chi connectivity index (χ1) is 8.21. The first kappa shape index (κ1) is 12.1. The molecule has 5 heteroatoms. The Morgan fingerprint density at radius 1 is 1.65 bits per heavy atom. The molecule has 1 atom stereocenters. The van der Waals surface area contributed by atoms with Gasteiger partial charge in [0, 0.05) is 31.9 Å². The van der Waals surface area contributed by atoms with E-state index in [0.717, 1.165) is 38.2 Å². The van der Waals surface area contributed by atoms with Gasteiger partial charge in [0.05, 0.1) is 5.41 Å². The van der Waals surface area contributed by atoms with E-state index in [1.54, 1.807) is 12.4 Å². The summed E-state index contributed by atoms with van der Waals surface area (Å²) in [6.07, 6.45) is 6.31. The monoisotopic (exact) mass is 236 g/mol. The standard InChI is InChI=1S/C12H20N4O/c1-12(4-2-5-13-9-12)11(17)16-6-3-10-14-7-8-15-10/h7-8,13H,2-6,9H2,1H3,(H,14,15)(H,16,17). The third kappa shape index (κ3) is 3.06. The van der Waals surface area contributed by atoms with Crippen LogP contribution in [0.3, 0.4) is 0 Å². The third-order valence-corrected chi connectivity index (χ3v) is 3.35. The Kier molecular flexibility index (Phi) is 3.78. The van der Waals surface area contributed by atoms with E-state index < -0.39 is 0 Å². The first-order valence-corrected chi connectivity index (χ1v) is 6.18. The number of amides is 1. The fourth-order valence-corrected chi connectivity index (χ4v) is 2.19. The number of nitrogens with one attached hydrogen (secondary N) is 3. The second kappa shape index (κ2) is 5.31. The van der Waals surface area contributed by atoms with E-state index in [4.69, 9.17) is 0 Å². The molecule has 0 aromatic carbocycles. The Bertz CT molecular complexity index is 355. The molecule has 1 saturated heterocycles. The molecule has 17 heavy (non-hydrogen) atoms. The maximum absolute atomic E-state index is 12.1. The minimum atomic E-state index is -0.249. The van der Waals surface area contributed by atoms with Crippen LogP contribution in [0.5, 0.6) is 0 Å². The molecule has 1 fully saturated rings. The average molecular weight is 236 g/mol. The van der Waals surface area contributed by atoms with Crippen LogP contribution in [0.15, 0.2) is 12.4 Å². The zero-order chi connectivity index (χ0) is 12.1. The number of carbonyl (C=O) groups excluding carboxylic acids is 1. The second-order valence-electron chi connectivity index (χ2n) is 4.88. The molecule has 1 unspecified atom stereocenters. The molecular formula is C12H20N4O. The van der Waals surface area contributed by atoms with Crippen LogP contribution in [0.25, 0.3) is 0 Å². The summed E-state index contributed by atoms with van der Waals surface area (Å²) in [7, 11) is 0. The van der Waals surface area contributed by atoms with Gasteiger partial charge in [-0.25, -0.2) is 4.98 Å². The Morgan fingerprint density at radius 2 is 2.53 bits per heavy atom. The Labute approximate surface area is 101 Å². The number of carbonyl (C=O) groups is 1. The van der Waals surface area contributed by atoms with Crippen molar-refractivity contribution in [2.45, 2.75) is 26.2 Å². The van der Waals surface area contributed by atoms with Crippen molar-refractivity contribution in [1.82, 2.24) is 20.6 Å². The van der Waals surface area contributed by atoms with Crippen molar-refractivity contribution >= 4 is 5.91 Å². The molecule has 1 aromatic rings. The van der Waals surface area contributed by atoms with Gasteiger partial charge in [0.2, 0.25) is 5.91 Å². The minimum Gasteiger partial charge on any atom is -0.355 e. The summed E-state index contributed by atoms with van der Waals surface area (Å²) >= 11 is 0. The molecule has 1 amide bonds. The summed E-state index contributed by atoms with van der Waals surface area (Å²) in [4.78, 5) is 19.2. The van der Waals surface area contributed by atoms with E-state index in [0.29, 0.717) is 6.54 Å². The van der Waals surface area contributed by atoms with Crippen LogP contribution in [-0.4, -0.2) is 35.5 Å². The second-order valence-corrected chi connectivity index (χ2v) is 4.88. The fraction of sp³-hybridized carbons (Fsp3) is 0.667. The molecule has 3 N–H and O–H groups in total. The van der Waals surface area contributed by atoms with Crippen LogP contribution in [0.2, 0.25) is 0 Å². The van der Waals surface area contributed by atoms with E-state index in [1.165, 1.54) is 0 Å². The molecule has 1 aromatic heterocycles. The Morgan fingerprint density at radius 3 is 3.18 bits per heavy atom. The SMILES string of the molecule is CC1(C(=O)NCCc2ncc[nH]2)CCCNC1. The lowest BCUT2D eigenvalue weighted by molar-refractivity contribution is -0.131. The fourth-order valence-electron chi connectivity index (χ4n) is 2.19. The van der Waals surface area contributed by atoms with Crippen LogP contribution in [-0.2, 0) is 11.2 Å². The molecule has 1 aliphatic heterocycles. The Balaban J connectivity index is 1.76. The zero-order valence-corrected chi connectivity index (χ0v) is 10.3. The van der Waals surface area contributed by atoms with Gasteiger partial charge in [0.1, 0.15) is 5.82 Å². The van der Waals surface area contributed by atoms with Crippen molar-refractivity contribution in [1.29, 1.82) is 0 Å². The Hall–Kier alpha value is -1.36. The summed E-state index contributed by atoms with van der Waals surface area (Å²) in [5.41, 5.74) is -0.249. The number of H-pyrrole nitrogens is 1. The number of hydrogen-bond donors (Lipinski definition) is 3. The largest absolute Gasteiger partial charge is 0.355 e. The molecule has 0 aliphatic carbocycles. The van der Waals surface area contributed by atoms with Crippen molar-refractivity contribution in [2.24, 2.45) is 5.41 Å². The van der Waals surface area contributed by atoms with Crippen molar-refractivity contribution < 1.29 is 4.79 Å². The molecule has 0 bridgehead atoms. The molecule has 94 valence electrons. The minimum absolute atomic E-state index is 0.149. The molecule has 1 aliphatic rings. The smallest absolute Gasteiger partial charge is 0.227 e. The predicted molar refractivity (Wildman–Crippen MR) is 65.5 cm³/mol. The lowest BCUT2D eigenvalue weighted by atomic mass is 9.82. The maximum atomic E-state index is 12.1. The number of hydrogen-bond acceptors (Lipinski definition) is 3. The van der Waals surface area contributed by atoms with Gasteiger partial charge in [-0.05, 0) is 26.3 Å². The van der Waals surface area contributed by atoms with Gasteiger partial charge in [0.25, 0.3) is 0 Å². The third-order valence-electron chi connectivity index (χ3n) is 3.35. The molecule has 5 nitrogen and oxygen atoms in total. The van der Waals surface area contributed by atoms with Crippen molar-refractivity contribution in [3.8, 4) is 0 Å². The van der Waals surface area contributed by atoms with Gasteiger partial charge < -0.3 is 15.6 Å². The number of piperidine rings is 1. The summed E-state index contributed by atoms with van der Waals surface area (Å²) in [6, 6.07) is 0. The summed E-state index contributed by atoms with van der Waals surface area (Å²) in [5, 5.41) is 6.27.